The highest BCUT2D eigenvalue weighted by molar-refractivity contribution is 5.49. The predicted molar refractivity (Wildman–Crippen MR) is 109 cm³/mol. The molecule has 214 valence electrons. The van der Waals surface area contributed by atoms with Crippen molar-refractivity contribution < 1.29 is 67.6 Å². The van der Waals surface area contributed by atoms with Gasteiger partial charge in [-0.25, -0.2) is 4.39 Å². The lowest BCUT2D eigenvalue weighted by molar-refractivity contribution is -0.116. The molecule has 0 aliphatic carbocycles. The summed E-state index contributed by atoms with van der Waals surface area (Å²) in [5, 5.41) is 0. The van der Waals surface area contributed by atoms with E-state index in [1.54, 1.807) is 0 Å². The SMILES string of the molecule is CC(Oc1c(F)c(F)c(OCCN)c(F)c1F)C(F)(F)COc1c(F)c(F)c(OCF)c(OCCN)c1F. The van der Waals surface area contributed by atoms with Crippen molar-refractivity contribution in [2.45, 2.75) is 19.0 Å². The normalized spacial score (nSPS) is 12.3. The standard InChI is InChI=1S/C21H20F10N2O5/c1-8(38-18-12(26)9(23)16(34-4-2-32)10(24)13(18)27)21(30,31)6-36-17-11(25)14(28)19(37-7-22)20(15(17)29)35-5-3-33/h8H,2-7,32-33H2,1H3. The quantitative estimate of drug-likeness (QED) is 0.261. The minimum Gasteiger partial charge on any atom is -0.486 e. The number of hydrogen-bond acceptors (Lipinski definition) is 7. The monoisotopic (exact) mass is 570 g/mol. The van der Waals surface area contributed by atoms with Gasteiger partial charge >= 0.3 is 5.92 Å². The average molecular weight is 570 g/mol. The van der Waals surface area contributed by atoms with Gasteiger partial charge in [-0.15, -0.1) is 0 Å². The van der Waals surface area contributed by atoms with Crippen molar-refractivity contribution in [1.29, 1.82) is 0 Å². The molecule has 0 fully saturated rings. The van der Waals surface area contributed by atoms with Crippen LogP contribution in [0.1, 0.15) is 6.92 Å². The first-order chi connectivity index (χ1) is 17.8. The van der Waals surface area contributed by atoms with Crippen molar-refractivity contribution in [1.82, 2.24) is 0 Å². The summed E-state index contributed by atoms with van der Waals surface area (Å²) >= 11 is 0. The Morgan fingerprint density at radius 3 is 1.47 bits per heavy atom. The van der Waals surface area contributed by atoms with E-state index in [0.717, 1.165) is 0 Å². The Hall–Kier alpha value is -3.34. The molecule has 0 aromatic heterocycles. The maximum atomic E-state index is 14.7. The van der Waals surface area contributed by atoms with Crippen LogP contribution >= 0.6 is 0 Å². The molecule has 0 aliphatic heterocycles. The largest absolute Gasteiger partial charge is 0.486 e. The third-order valence-electron chi connectivity index (χ3n) is 4.60. The molecule has 0 aliphatic rings. The van der Waals surface area contributed by atoms with E-state index in [1.165, 1.54) is 0 Å². The van der Waals surface area contributed by atoms with E-state index in [4.69, 9.17) is 16.2 Å². The molecule has 0 heterocycles. The molecule has 2 aromatic rings. The molecule has 4 N–H and O–H groups in total. The van der Waals surface area contributed by atoms with Crippen molar-refractivity contribution >= 4 is 0 Å². The van der Waals surface area contributed by atoms with Crippen molar-refractivity contribution in [3.8, 4) is 28.7 Å². The highest BCUT2D eigenvalue weighted by Gasteiger charge is 2.42. The summed E-state index contributed by atoms with van der Waals surface area (Å²) in [6.45, 7) is -4.95. The first-order valence-electron chi connectivity index (χ1n) is 10.4. The topological polar surface area (TPSA) is 98.2 Å². The summed E-state index contributed by atoms with van der Waals surface area (Å²) in [5.74, 6) is -27.1. The number of hydrogen-bond donors (Lipinski definition) is 2. The van der Waals surface area contributed by atoms with Crippen LogP contribution < -0.4 is 35.2 Å². The van der Waals surface area contributed by atoms with Crippen LogP contribution in [-0.4, -0.2) is 51.8 Å². The van der Waals surface area contributed by atoms with Gasteiger partial charge < -0.3 is 35.2 Å². The van der Waals surface area contributed by atoms with Crippen LogP contribution in [0.25, 0.3) is 0 Å². The van der Waals surface area contributed by atoms with Crippen LogP contribution in [-0.2, 0) is 0 Å². The third-order valence-corrected chi connectivity index (χ3v) is 4.60. The minimum atomic E-state index is -4.39. The molecule has 38 heavy (non-hydrogen) atoms. The molecular weight excluding hydrogens is 550 g/mol. The van der Waals surface area contributed by atoms with E-state index in [0.29, 0.717) is 6.92 Å². The molecule has 17 heteroatoms. The third kappa shape index (κ3) is 6.38. The summed E-state index contributed by atoms with van der Waals surface area (Å²) in [6.07, 6.45) is -2.65. The van der Waals surface area contributed by atoms with Crippen LogP contribution in [0.5, 0.6) is 28.7 Å². The number of rotatable bonds is 14. The Balaban J connectivity index is 2.33. The Bertz CT molecular complexity index is 1110. The average Bonchev–Trinajstić information content (AvgIpc) is 2.88. The Morgan fingerprint density at radius 1 is 0.605 bits per heavy atom. The molecule has 1 atom stereocenters. The molecular formula is C21H20F10N2O5. The molecule has 0 saturated carbocycles. The molecule has 0 bridgehead atoms. The van der Waals surface area contributed by atoms with Gasteiger partial charge in [0, 0.05) is 13.1 Å². The van der Waals surface area contributed by atoms with Gasteiger partial charge in [0.15, 0.2) is 30.0 Å². The lowest BCUT2D eigenvalue weighted by atomic mass is 10.2. The van der Waals surface area contributed by atoms with Gasteiger partial charge in [-0.05, 0) is 6.92 Å². The van der Waals surface area contributed by atoms with E-state index in [1.807, 2.05) is 0 Å². The van der Waals surface area contributed by atoms with Crippen molar-refractivity contribution in [2.24, 2.45) is 11.5 Å². The van der Waals surface area contributed by atoms with Gasteiger partial charge in [-0.3, -0.25) is 0 Å². The lowest BCUT2D eigenvalue weighted by Crippen LogP contribution is -2.41. The molecule has 1 unspecified atom stereocenters. The first-order valence-corrected chi connectivity index (χ1v) is 10.4. The fourth-order valence-electron chi connectivity index (χ4n) is 2.73. The fourth-order valence-corrected chi connectivity index (χ4v) is 2.73. The maximum absolute atomic E-state index is 14.7. The van der Waals surface area contributed by atoms with Gasteiger partial charge in [-0.2, -0.15) is 39.5 Å². The van der Waals surface area contributed by atoms with Crippen LogP contribution in [0, 0.1) is 40.7 Å². The smallest absolute Gasteiger partial charge is 0.316 e. The zero-order valence-corrected chi connectivity index (χ0v) is 19.3. The van der Waals surface area contributed by atoms with Crippen LogP contribution in [0.3, 0.4) is 0 Å². The predicted octanol–water partition coefficient (Wildman–Crippen LogP) is 4.12. The van der Waals surface area contributed by atoms with E-state index in [9.17, 15) is 43.9 Å². The Kier molecular flexibility index (Phi) is 10.5. The number of alkyl halides is 3. The van der Waals surface area contributed by atoms with E-state index in [-0.39, 0.29) is 13.1 Å². The summed E-state index contributed by atoms with van der Waals surface area (Å²) < 4.78 is 164. The minimum absolute atomic E-state index is 0.287. The Labute approximate surface area is 208 Å². The second kappa shape index (κ2) is 12.9. The highest BCUT2D eigenvalue weighted by atomic mass is 19.3. The summed E-state index contributed by atoms with van der Waals surface area (Å²) in [6, 6.07) is 0. The maximum Gasteiger partial charge on any atom is 0.316 e. The molecule has 7 nitrogen and oxygen atoms in total. The van der Waals surface area contributed by atoms with Gasteiger partial charge in [0.1, 0.15) is 13.2 Å². The number of nitrogens with two attached hydrogens (primary N) is 2. The molecule has 2 rings (SSSR count). The zero-order chi connectivity index (χ0) is 28.8. The first kappa shape index (κ1) is 30.9. The van der Waals surface area contributed by atoms with Crippen LogP contribution in [0.4, 0.5) is 43.9 Å². The molecule has 0 radical (unpaired) electrons. The molecule has 0 amide bonds. The van der Waals surface area contributed by atoms with Crippen LogP contribution in [0.2, 0.25) is 0 Å². The Morgan fingerprint density at radius 2 is 1.00 bits per heavy atom. The van der Waals surface area contributed by atoms with E-state index < -0.39 is 108 Å². The van der Waals surface area contributed by atoms with Crippen molar-refractivity contribution in [3.63, 3.8) is 0 Å². The number of halogens is 10. The van der Waals surface area contributed by atoms with Gasteiger partial charge in [0.25, 0.3) is 0 Å². The molecule has 2 aromatic carbocycles. The highest BCUT2D eigenvalue weighted by Crippen LogP contribution is 2.42. The summed E-state index contributed by atoms with van der Waals surface area (Å²) in [5.41, 5.74) is 10.2. The summed E-state index contributed by atoms with van der Waals surface area (Å²) in [7, 11) is 0. The summed E-state index contributed by atoms with van der Waals surface area (Å²) in [4.78, 5) is 0. The molecule has 0 saturated heterocycles. The number of benzene rings is 2. The lowest BCUT2D eigenvalue weighted by Gasteiger charge is -2.26. The van der Waals surface area contributed by atoms with E-state index >= 15 is 0 Å². The van der Waals surface area contributed by atoms with Gasteiger partial charge in [0.2, 0.25) is 59.1 Å². The van der Waals surface area contributed by atoms with Gasteiger partial charge in [-0.1, -0.05) is 0 Å². The van der Waals surface area contributed by atoms with Gasteiger partial charge in [0.05, 0.1) is 0 Å². The van der Waals surface area contributed by atoms with Crippen LogP contribution in [0.15, 0.2) is 0 Å². The van der Waals surface area contributed by atoms with Crippen molar-refractivity contribution in [3.05, 3.63) is 40.7 Å². The zero-order valence-electron chi connectivity index (χ0n) is 19.3. The molecule has 0 spiro atoms. The number of ether oxygens (including phenoxy) is 5. The fraction of sp³-hybridized carbons (Fsp3) is 0.429. The van der Waals surface area contributed by atoms with Crippen molar-refractivity contribution in [2.75, 3.05) is 39.8 Å². The second-order valence-electron chi connectivity index (χ2n) is 7.18. The van der Waals surface area contributed by atoms with E-state index in [2.05, 4.69) is 18.9 Å². The second-order valence-corrected chi connectivity index (χ2v) is 7.18.